The number of hydrogen-bond donors (Lipinski definition) is 2. The summed E-state index contributed by atoms with van der Waals surface area (Å²) in [6.07, 6.45) is 0.895. The van der Waals surface area contributed by atoms with E-state index in [2.05, 4.69) is 53.9 Å². The molecule has 0 fully saturated rings. The van der Waals surface area contributed by atoms with Gasteiger partial charge >= 0.3 is 0 Å². The van der Waals surface area contributed by atoms with Crippen molar-refractivity contribution >= 4 is 41.3 Å². The Morgan fingerprint density at radius 1 is 1.15 bits per heavy atom. The maximum Gasteiger partial charge on any atom is 0.191 e. The van der Waals surface area contributed by atoms with E-state index in [0.717, 1.165) is 36.2 Å². The van der Waals surface area contributed by atoms with Gasteiger partial charge in [-0.15, -0.1) is 35.3 Å². The minimum Gasteiger partial charge on any atom is -0.375 e. The molecule has 7 heteroatoms. The molecule has 0 aliphatic rings. The van der Waals surface area contributed by atoms with Gasteiger partial charge in [-0.3, -0.25) is 4.99 Å². The maximum atomic E-state index is 5.67. The standard InChI is InChI=1S/C20H30N4OS.HI/c1-20(2,3)17-15-26-18(24-17)10-11-22-19(21-4)23-12-13-25-14-16-8-6-5-7-9-16;/h5-9,15H,10-14H2,1-4H3,(H2,21,22,23);1H. The maximum absolute atomic E-state index is 5.67. The van der Waals surface area contributed by atoms with E-state index in [1.54, 1.807) is 18.4 Å². The SMILES string of the molecule is CN=C(NCCOCc1ccccc1)NCCc1nc(C(C)(C)C)cs1.I. The normalized spacial score (nSPS) is 11.8. The van der Waals surface area contributed by atoms with Crippen molar-refractivity contribution in [2.75, 3.05) is 26.7 Å². The first-order chi connectivity index (χ1) is 12.5. The number of nitrogens with one attached hydrogen (secondary N) is 2. The Morgan fingerprint density at radius 3 is 2.48 bits per heavy atom. The number of hydrogen-bond acceptors (Lipinski definition) is 4. The van der Waals surface area contributed by atoms with Crippen molar-refractivity contribution in [1.29, 1.82) is 0 Å². The van der Waals surface area contributed by atoms with E-state index >= 15 is 0 Å². The minimum absolute atomic E-state index is 0. The van der Waals surface area contributed by atoms with Gasteiger partial charge in [0.2, 0.25) is 0 Å². The lowest BCUT2D eigenvalue weighted by atomic mass is 9.93. The largest absolute Gasteiger partial charge is 0.375 e. The van der Waals surface area contributed by atoms with Gasteiger partial charge in [0, 0.05) is 37.4 Å². The molecule has 5 nitrogen and oxygen atoms in total. The summed E-state index contributed by atoms with van der Waals surface area (Å²) in [4.78, 5) is 8.96. The molecule has 1 heterocycles. The van der Waals surface area contributed by atoms with E-state index in [1.165, 1.54) is 5.56 Å². The number of aromatic nitrogens is 1. The van der Waals surface area contributed by atoms with E-state index in [1.807, 2.05) is 18.2 Å². The van der Waals surface area contributed by atoms with Crippen molar-refractivity contribution in [3.8, 4) is 0 Å². The van der Waals surface area contributed by atoms with Crippen LogP contribution in [0, 0.1) is 0 Å². The van der Waals surface area contributed by atoms with Gasteiger partial charge in [0.15, 0.2) is 5.96 Å². The van der Waals surface area contributed by atoms with Crippen molar-refractivity contribution in [1.82, 2.24) is 15.6 Å². The van der Waals surface area contributed by atoms with Crippen LogP contribution in [-0.2, 0) is 23.2 Å². The zero-order valence-corrected chi connectivity index (χ0v) is 19.8. The molecule has 0 amide bonds. The van der Waals surface area contributed by atoms with Crippen LogP contribution in [0.3, 0.4) is 0 Å². The Morgan fingerprint density at radius 2 is 1.85 bits per heavy atom. The molecule has 0 aliphatic heterocycles. The quantitative estimate of drug-likeness (QED) is 0.248. The molecule has 2 N–H and O–H groups in total. The Labute approximate surface area is 184 Å². The first-order valence-electron chi connectivity index (χ1n) is 9.00. The summed E-state index contributed by atoms with van der Waals surface area (Å²) in [6.45, 7) is 9.37. The summed E-state index contributed by atoms with van der Waals surface area (Å²) in [5.74, 6) is 0.793. The van der Waals surface area contributed by atoms with Crippen LogP contribution in [0.2, 0.25) is 0 Å². The fourth-order valence-corrected chi connectivity index (χ4v) is 3.31. The molecule has 2 rings (SSSR count). The van der Waals surface area contributed by atoms with E-state index in [0.29, 0.717) is 13.2 Å². The van der Waals surface area contributed by atoms with Gasteiger partial charge in [0.1, 0.15) is 0 Å². The molecular formula is C20H31IN4OS. The van der Waals surface area contributed by atoms with Crippen LogP contribution in [0.1, 0.15) is 37.0 Å². The predicted molar refractivity (Wildman–Crippen MR) is 125 cm³/mol. The molecule has 150 valence electrons. The van der Waals surface area contributed by atoms with Crippen LogP contribution >= 0.6 is 35.3 Å². The average molecular weight is 502 g/mol. The molecule has 0 saturated carbocycles. The molecule has 27 heavy (non-hydrogen) atoms. The fraction of sp³-hybridized carbons (Fsp3) is 0.500. The summed E-state index contributed by atoms with van der Waals surface area (Å²) < 4.78 is 5.67. The highest BCUT2D eigenvalue weighted by Gasteiger charge is 2.17. The molecule has 0 saturated heterocycles. The van der Waals surface area contributed by atoms with Crippen LogP contribution in [-0.4, -0.2) is 37.7 Å². The Balaban J connectivity index is 0.00000364. The Bertz CT molecular complexity index is 683. The molecule has 0 radical (unpaired) electrons. The fourth-order valence-electron chi connectivity index (χ4n) is 2.28. The Kier molecular flexibility index (Phi) is 10.9. The first kappa shape index (κ1) is 23.8. The Hall–Kier alpha value is -1.19. The molecular weight excluding hydrogens is 471 g/mol. The lowest BCUT2D eigenvalue weighted by molar-refractivity contribution is 0.125. The molecule has 1 aromatic heterocycles. The lowest BCUT2D eigenvalue weighted by Crippen LogP contribution is -2.39. The summed E-state index contributed by atoms with van der Waals surface area (Å²) in [6, 6.07) is 10.2. The van der Waals surface area contributed by atoms with Gasteiger partial charge in [0.05, 0.1) is 23.9 Å². The third kappa shape index (κ3) is 9.03. The van der Waals surface area contributed by atoms with Crippen molar-refractivity contribution in [2.24, 2.45) is 4.99 Å². The second-order valence-electron chi connectivity index (χ2n) is 7.09. The second kappa shape index (κ2) is 12.3. The second-order valence-corrected chi connectivity index (χ2v) is 8.03. The highest BCUT2D eigenvalue weighted by Crippen LogP contribution is 2.23. The smallest absolute Gasteiger partial charge is 0.191 e. The number of ether oxygens (including phenoxy) is 1. The van der Waals surface area contributed by atoms with Gasteiger partial charge in [-0.25, -0.2) is 4.98 Å². The third-order valence-electron chi connectivity index (χ3n) is 3.83. The zero-order chi connectivity index (χ0) is 18.8. The molecule has 1 aromatic carbocycles. The molecule has 2 aromatic rings. The number of aliphatic imine (C=N–C) groups is 1. The van der Waals surface area contributed by atoms with E-state index in [9.17, 15) is 0 Å². The zero-order valence-electron chi connectivity index (χ0n) is 16.6. The molecule has 0 aliphatic carbocycles. The topological polar surface area (TPSA) is 58.5 Å². The van der Waals surface area contributed by atoms with Gasteiger partial charge in [-0.2, -0.15) is 0 Å². The monoisotopic (exact) mass is 502 g/mol. The third-order valence-corrected chi connectivity index (χ3v) is 4.73. The van der Waals surface area contributed by atoms with Crippen molar-refractivity contribution < 1.29 is 4.74 Å². The minimum atomic E-state index is 0. The number of rotatable bonds is 8. The van der Waals surface area contributed by atoms with Crippen LogP contribution in [0.15, 0.2) is 40.7 Å². The van der Waals surface area contributed by atoms with E-state index in [-0.39, 0.29) is 29.4 Å². The number of halogens is 1. The first-order valence-corrected chi connectivity index (χ1v) is 9.88. The van der Waals surface area contributed by atoms with Crippen molar-refractivity contribution in [3.05, 3.63) is 52.0 Å². The molecule has 0 atom stereocenters. The molecule has 0 bridgehead atoms. The van der Waals surface area contributed by atoms with Gasteiger partial charge < -0.3 is 15.4 Å². The van der Waals surface area contributed by atoms with E-state index < -0.39 is 0 Å². The van der Waals surface area contributed by atoms with Crippen LogP contribution < -0.4 is 10.6 Å². The summed E-state index contributed by atoms with van der Waals surface area (Å²) in [5, 5.41) is 9.91. The van der Waals surface area contributed by atoms with Gasteiger partial charge in [0.25, 0.3) is 0 Å². The number of nitrogens with zero attached hydrogens (tertiary/aromatic N) is 2. The lowest BCUT2D eigenvalue weighted by Gasteiger charge is -2.14. The summed E-state index contributed by atoms with van der Waals surface area (Å²) >= 11 is 1.73. The van der Waals surface area contributed by atoms with E-state index in [4.69, 9.17) is 9.72 Å². The van der Waals surface area contributed by atoms with Crippen LogP contribution in [0.25, 0.3) is 0 Å². The summed E-state index contributed by atoms with van der Waals surface area (Å²) in [5.41, 5.74) is 2.46. The van der Waals surface area contributed by atoms with Crippen molar-refractivity contribution in [2.45, 2.75) is 39.2 Å². The molecule has 0 spiro atoms. The predicted octanol–water partition coefficient (Wildman–Crippen LogP) is 3.98. The summed E-state index contributed by atoms with van der Waals surface area (Å²) in [7, 11) is 1.78. The number of guanidine groups is 1. The number of benzene rings is 1. The molecule has 0 unspecified atom stereocenters. The average Bonchev–Trinajstić information content (AvgIpc) is 3.10. The van der Waals surface area contributed by atoms with Crippen molar-refractivity contribution in [3.63, 3.8) is 0 Å². The van der Waals surface area contributed by atoms with Gasteiger partial charge in [-0.05, 0) is 5.56 Å². The van der Waals surface area contributed by atoms with Gasteiger partial charge in [-0.1, -0.05) is 51.1 Å². The highest BCUT2D eigenvalue weighted by molar-refractivity contribution is 14.0. The van der Waals surface area contributed by atoms with Crippen LogP contribution in [0.4, 0.5) is 0 Å². The number of thiazole rings is 1. The van der Waals surface area contributed by atoms with Crippen LogP contribution in [0.5, 0.6) is 0 Å². The highest BCUT2D eigenvalue weighted by atomic mass is 127.